The SMILES string of the molecule is Cc1cc(Br)ccc1NC(=O)c1ccc(Cl)c(NC(=O)c2cccs2)c1. The molecule has 3 rings (SSSR count). The molecule has 7 heteroatoms. The Kier molecular flexibility index (Phi) is 5.76. The van der Waals surface area contributed by atoms with Crippen molar-refractivity contribution in [3.05, 3.63) is 79.4 Å². The first-order chi connectivity index (χ1) is 12.4. The van der Waals surface area contributed by atoms with Crippen molar-refractivity contribution in [3.63, 3.8) is 0 Å². The van der Waals surface area contributed by atoms with Gasteiger partial charge in [0.1, 0.15) is 0 Å². The summed E-state index contributed by atoms with van der Waals surface area (Å²) in [4.78, 5) is 25.3. The molecule has 0 fully saturated rings. The Morgan fingerprint density at radius 3 is 2.46 bits per heavy atom. The van der Waals surface area contributed by atoms with E-state index in [9.17, 15) is 9.59 Å². The molecule has 26 heavy (non-hydrogen) atoms. The summed E-state index contributed by atoms with van der Waals surface area (Å²) >= 11 is 10.9. The van der Waals surface area contributed by atoms with Crippen molar-refractivity contribution < 1.29 is 9.59 Å². The van der Waals surface area contributed by atoms with Gasteiger partial charge in [-0.2, -0.15) is 0 Å². The molecule has 0 aliphatic heterocycles. The van der Waals surface area contributed by atoms with Crippen LogP contribution in [0.5, 0.6) is 0 Å². The van der Waals surface area contributed by atoms with Gasteiger partial charge >= 0.3 is 0 Å². The standard InChI is InChI=1S/C19H14BrClN2O2S/c1-11-9-13(20)5-7-15(11)22-18(24)12-4-6-14(21)16(10-12)23-19(25)17-3-2-8-26-17/h2-10H,1H3,(H,22,24)(H,23,25). The van der Waals surface area contributed by atoms with Gasteiger partial charge in [-0.05, 0) is 60.3 Å². The summed E-state index contributed by atoms with van der Waals surface area (Å²) in [5.41, 5.74) is 2.45. The van der Waals surface area contributed by atoms with Gasteiger partial charge in [0.25, 0.3) is 11.8 Å². The van der Waals surface area contributed by atoms with E-state index < -0.39 is 0 Å². The Hall–Kier alpha value is -2.15. The fourth-order valence-corrected chi connectivity index (χ4v) is 3.58. The predicted octanol–water partition coefficient (Wildman–Crippen LogP) is 5.98. The normalized spacial score (nSPS) is 10.4. The van der Waals surface area contributed by atoms with Gasteiger partial charge in [-0.15, -0.1) is 11.3 Å². The summed E-state index contributed by atoms with van der Waals surface area (Å²) in [6.07, 6.45) is 0. The number of nitrogens with one attached hydrogen (secondary N) is 2. The van der Waals surface area contributed by atoms with Crippen LogP contribution in [0.4, 0.5) is 11.4 Å². The van der Waals surface area contributed by atoms with Crippen LogP contribution >= 0.6 is 38.9 Å². The summed E-state index contributed by atoms with van der Waals surface area (Å²) in [5.74, 6) is -0.540. The van der Waals surface area contributed by atoms with Gasteiger partial charge < -0.3 is 10.6 Å². The number of hydrogen-bond acceptors (Lipinski definition) is 3. The lowest BCUT2D eigenvalue weighted by Crippen LogP contribution is -2.15. The van der Waals surface area contributed by atoms with Crippen LogP contribution in [0.15, 0.2) is 58.4 Å². The lowest BCUT2D eigenvalue weighted by molar-refractivity contribution is 0.101. The van der Waals surface area contributed by atoms with Crippen LogP contribution in [-0.2, 0) is 0 Å². The number of anilines is 2. The Bertz CT molecular complexity index is 974. The fraction of sp³-hybridized carbons (Fsp3) is 0.0526. The zero-order valence-corrected chi connectivity index (χ0v) is 16.8. The number of aryl methyl sites for hydroxylation is 1. The number of thiophene rings is 1. The van der Waals surface area contributed by atoms with Gasteiger partial charge in [0.05, 0.1) is 15.6 Å². The Balaban J connectivity index is 1.80. The van der Waals surface area contributed by atoms with Crippen LogP contribution in [0.25, 0.3) is 0 Å². The van der Waals surface area contributed by atoms with Crippen molar-refractivity contribution in [3.8, 4) is 0 Å². The highest BCUT2D eigenvalue weighted by Gasteiger charge is 2.13. The van der Waals surface area contributed by atoms with Crippen molar-refractivity contribution in [2.24, 2.45) is 0 Å². The average Bonchev–Trinajstić information content (AvgIpc) is 3.14. The van der Waals surface area contributed by atoms with Crippen molar-refractivity contribution in [1.29, 1.82) is 0 Å². The van der Waals surface area contributed by atoms with E-state index in [2.05, 4.69) is 26.6 Å². The van der Waals surface area contributed by atoms with E-state index in [-0.39, 0.29) is 11.8 Å². The van der Waals surface area contributed by atoms with Gasteiger partial charge in [0.15, 0.2) is 0 Å². The molecule has 0 spiro atoms. The van der Waals surface area contributed by atoms with Crippen molar-refractivity contribution >= 4 is 62.1 Å². The maximum atomic E-state index is 12.6. The van der Waals surface area contributed by atoms with E-state index in [0.29, 0.717) is 21.2 Å². The first-order valence-electron chi connectivity index (χ1n) is 7.66. The predicted molar refractivity (Wildman–Crippen MR) is 111 cm³/mol. The molecule has 1 aromatic heterocycles. The van der Waals surface area contributed by atoms with E-state index in [4.69, 9.17) is 11.6 Å². The summed E-state index contributed by atoms with van der Waals surface area (Å²) < 4.78 is 0.943. The lowest BCUT2D eigenvalue weighted by Gasteiger charge is -2.11. The zero-order valence-electron chi connectivity index (χ0n) is 13.7. The Morgan fingerprint density at radius 2 is 1.77 bits per heavy atom. The molecule has 2 aromatic carbocycles. The maximum absolute atomic E-state index is 12.6. The third-order valence-corrected chi connectivity index (χ3v) is 5.35. The van der Waals surface area contributed by atoms with E-state index in [1.807, 2.05) is 30.5 Å². The summed E-state index contributed by atoms with van der Waals surface area (Å²) in [6.45, 7) is 1.91. The molecular formula is C19H14BrClN2O2S. The Labute approximate surface area is 168 Å². The van der Waals surface area contributed by atoms with Gasteiger partial charge in [-0.1, -0.05) is 33.6 Å². The van der Waals surface area contributed by atoms with E-state index in [1.165, 1.54) is 11.3 Å². The maximum Gasteiger partial charge on any atom is 0.265 e. The molecule has 0 aliphatic carbocycles. The number of halogens is 2. The number of carbonyl (C=O) groups is 2. The van der Waals surface area contributed by atoms with Crippen LogP contribution < -0.4 is 10.6 Å². The number of rotatable bonds is 4. The number of carbonyl (C=O) groups excluding carboxylic acids is 2. The second-order valence-corrected chi connectivity index (χ2v) is 7.81. The summed E-state index contributed by atoms with van der Waals surface area (Å²) in [7, 11) is 0. The molecule has 2 amide bonds. The van der Waals surface area contributed by atoms with Crippen molar-refractivity contribution in [2.75, 3.05) is 10.6 Å². The molecule has 0 bridgehead atoms. The van der Waals surface area contributed by atoms with Crippen LogP contribution in [-0.4, -0.2) is 11.8 Å². The quantitative estimate of drug-likeness (QED) is 0.515. The number of hydrogen-bond donors (Lipinski definition) is 2. The monoisotopic (exact) mass is 448 g/mol. The molecule has 0 saturated heterocycles. The molecule has 0 unspecified atom stereocenters. The zero-order chi connectivity index (χ0) is 18.7. The van der Waals surface area contributed by atoms with Gasteiger partial charge in [0, 0.05) is 15.7 Å². The van der Waals surface area contributed by atoms with Gasteiger partial charge in [0.2, 0.25) is 0 Å². The molecule has 1 heterocycles. The van der Waals surface area contributed by atoms with Crippen LogP contribution in [0.1, 0.15) is 25.6 Å². The topological polar surface area (TPSA) is 58.2 Å². The molecule has 0 aliphatic rings. The molecule has 0 saturated carbocycles. The number of benzene rings is 2. The first-order valence-corrected chi connectivity index (χ1v) is 9.71. The third-order valence-electron chi connectivity index (χ3n) is 3.66. The fourth-order valence-electron chi connectivity index (χ4n) is 2.32. The van der Waals surface area contributed by atoms with E-state index >= 15 is 0 Å². The number of amides is 2. The third kappa shape index (κ3) is 4.33. The minimum Gasteiger partial charge on any atom is -0.322 e. The average molecular weight is 450 g/mol. The largest absolute Gasteiger partial charge is 0.322 e. The van der Waals surface area contributed by atoms with Crippen LogP contribution in [0, 0.1) is 6.92 Å². The Morgan fingerprint density at radius 1 is 1.00 bits per heavy atom. The second-order valence-electron chi connectivity index (χ2n) is 5.54. The summed E-state index contributed by atoms with van der Waals surface area (Å²) in [6, 6.07) is 13.9. The van der Waals surface area contributed by atoms with E-state index in [0.717, 1.165) is 15.7 Å². The smallest absolute Gasteiger partial charge is 0.265 e. The first kappa shape index (κ1) is 18.6. The highest BCUT2D eigenvalue weighted by atomic mass is 79.9. The van der Waals surface area contributed by atoms with Crippen molar-refractivity contribution in [1.82, 2.24) is 0 Å². The molecule has 3 aromatic rings. The van der Waals surface area contributed by atoms with Gasteiger partial charge in [-0.25, -0.2) is 0 Å². The molecule has 0 radical (unpaired) electrons. The molecule has 0 atom stereocenters. The minimum atomic E-state index is -0.279. The molecule has 132 valence electrons. The highest BCUT2D eigenvalue weighted by molar-refractivity contribution is 9.10. The minimum absolute atomic E-state index is 0.261. The lowest BCUT2D eigenvalue weighted by atomic mass is 10.1. The van der Waals surface area contributed by atoms with E-state index in [1.54, 1.807) is 30.3 Å². The second kappa shape index (κ2) is 8.03. The molecular weight excluding hydrogens is 436 g/mol. The van der Waals surface area contributed by atoms with Crippen LogP contribution in [0.3, 0.4) is 0 Å². The molecule has 2 N–H and O–H groups in total. The van der Waals surface area contributed by atoms with Crippen molar-refractivity contribution in [2.45, 2.75) is 6.92 Å². The highest BCUT2D eigenvalue weighted by Crippen LogP contribution is 2.26. The molecule has 4 nitrogen and oxygen atoms in total. The summed E-state index contributed by atoms with van der Waals surface area (Å²) in [5, 5.41) is 7.80. The van der Waals surface area contributed by atoms with Crippen LogP contribution in [0.2, 0.25) is 5.02 Å². The van der Waals surface area contributed by atoms with Gasteiger partial charge in [-0.3, -0.25) is 9.59 Å².